The van der Waals surface area contributed by atoms with E-state index in [1.165, 1.54) is 310 Å². The summed E-state index contributed by atoms with van der Waals surface area (Å²) in [6.07, 6.45) is 64.8. The molecule has 0 aliphatic rings. The van der Waals surface area contributed by atoms with Crippen LogP contribution in [0.5, 0.6) is 0 Å². The minimum absolute atomic E-state index is 0.0165. The number of unbranched alkanes of at least 4 members (excludes halogenated alkanes) is 56. The number of esters is 8. The van der Waals surface area contributed by atoms with Crippen LogP contribution in [0, 0.1) is 0 Å². The van der Waals surface area contributed by atoms with E-state index in [0.29, 0.717) is 25.7 Å². The second kappa shape index (κ2) is 74.2. The van der Waals surface area contributed by atoms with E-state index in [0.717, 1.165) is 77.0 Å². The first kappa shape index (κ1) is 104. The number of ether oxygens (including phenoxy) is 8. The molecule has 0 heterocycles. The van der Waals surface area contributed by atoms with Crippen LogP contribution in [0.25, 0.3) is 0 Å². The van der Waals surface area contributed by atoms with Crippen LogP contribution in [0.4, 0.5) is 0 Å². The lowest BCUT2D eigenvalue weighted by atomic mass is 10.0. The minimum atomic E-state index is -1.94. The summed E-state index contributed by atoms with van der Waals surface area (Å²) >= 11 is 0. The zero-order chi connectivity index (χ0) is 79.7. The number of rotatable bonds is 81. The Morgan fingerprint density at radius 2 is 0.343 bits per heavy atom. The molecule has 4 unspecified atom stereocenters. The average molecular weight is 1530 g/mol. The summed E-state index contributed by atoms with van der Waals surface area (Å²) in [6, 6.07) is 0. The monoisotopic (exact) mass is 1530 g/mol. The largest absolute Gasteiger partial charge is 0.452 e. The lowest BCUT2D eigenvalue weighted by Gasteiger charge is -2.36. The highest BCUT2D eigenvalue weighted by molar-refractivity contribution is 5.83. The summed E-state index contributed by atoms with van der Waals surface area (Å²) in [6.45, 7) is 17.9. The molecule has 0 fully saturated rings. The molecule has 16 nitrogen and oxygen atoms in total. The first-order valence-electron chi connectivity index (χ1n) is 46.1. The van der Waals surface area contributed by atoms with Gasteiger partial charge in [0.05, 0.1) is 12.8 Å². The van der Waals surface area contributed by atoms with Gasteiger partial charge in [-0.3, -0.25) is 28.8 Å². The number of carbonyl (C=O) groups excluding carboxylic acids is 8. The van der Waals surface area contributed by atoms with Gasteiger partial charge in [0, 0.05) is 38.5 Å². The molecule has 0 N–H and O–H groups in total. The van der Waals surface area contributed by atoms with Crippen LogP contribution < -0.4 is 0 Å². The maximum Gasteiger partial charge on any atom is 0.347 e. The van der Waals surface area contributed by atoms with Crippen LogP contribution >= 0.6 is 0 Å². The molecule has 0 bridgehead atoms. The normalized spacial score (nSPS) is 12.8. The molecule has 0 radical (unpaired) electrons. The van der Waals surface area contributed by atoms with Gasteiger partial charge in [-0.1, -0.05) is 401 Å². The van der Waals surface area contributed by atoms with Gasteiger partial charge in [-0.25, -0.2) is 9.59 Å². The van der Waals surface area contributed by atoms with E-state index < -0.39 is 96.6 Å². The van der Waals surface area contributed by atoms with Crippen LogP contribution in [0.3, 0.4) is 0 Å². The molecule has 0 aliphatic carbocycles. The van der Waals surface area contributed by atoms with Crippen LogP contribution in [-0.2, 0) is 76.3 Å². The van der Waals surface area contributed by atoms with Gasteiger partial charge in [0.15, 0.2) is 24.4 Å². The molecule has 0 aromatic heterocycles. The Morgan fingerprint density at radius 3 is 0.491 bits per heavy atom. The van der Waals surface area contributed by atoms with Gasteiger partial charge in [0.25, 0.3) is 11.6 Å². The fourth-order valence-electron chi connectivity index (χ4n) is 14.3. The second-order valence-corrected chi connectivity index (χ2v) is 31.9. The molecule has 634 valence electrons. The summed E-state index contributed by atoms with van der Waals surface area (Å²) in [5.41, 5.74) is 0. The highest BCUT2D eigenvalue weighted by atomic mass is 16.8. The molecule has 0 amide bonds. The summed E-state index contributed by atoms with van der Waals surface area (Å²) in [5, 5.41) is 0. The van der Waals surface area contributed by atoms with Crippen molar-refractivity contribution < 1.29 is 76.3 Å². The van der Waals surface area contributed by atoms with Crippen molar-refractivity contribution in [1.82, 2.24) is 0 Å². The van der Waals surface area contributed by atoms with E-state index in [2.05, 4.69) is 27.7 Å². The molecular formula is C92H170O16. The molecule has 0 aliphatic heterocycles. The number of carbonyl (C=O) groups is 8. The topological polar surface area (TPSA) is 210 Å². The lowest BCUT2D eigenvalue weighted by molar-refractivity contribution is -0.266. The van der Waals surface area contributed by atoms with Crippen molar-refractivity contribution in [3.63, 3.8) is 0 Å². The van der Waals surface area contributed by atoms with Crippen LogP contribution in [0.1, 0.15) is 506 Å². The molecule has 16 heteroatoms. The smallest absolute Gasteiger partial charge is 0.347 e. The van der Waals surface area contributed by atoms with Crippen molar-refractivity contribution in [1.29, 1.82) is 0 Å². The van der Waals surface area contributed by atoms with Crippen molar-refractivity contribution in [2.24, 2.45) is 0 Å². The molecule has 108 heavy (non-hydrogen) atoms. The van der Waals surface area contributed by atoms with Gasteiger partial charge in [-0.15, -0.1) is 0 Å². The molecule has 4 atom stereocenters. The minimum Gasteiger partial charge on any atom is -0.452 e. The highest BCUT2D eigenvalue weighted by Crippen LogP contribution is 2.31. The predicted octanol–water partition coefficient (Wildman–Crippen LogP) is 26.9. The van der Waals surface area contributed by atoms with Crippen molar-refractivity contribution in [3.8, 4) is 0 Å². The number of hydrogen-bond acceptors (Lipinski definition) is 16. The van der Waals surface area contributed by atoms with Crippen LogP contribution in [0.15, 0.2) is 0 Å². The van der Waals surface area contributed by atoms with Gasteiger partial charge in [-0.05, 0) is 53.4 Å². The highest BCUT2D eigenvalue weighted by Gasteiger charge is 2.47. The standard InChI is InChI=1S/C92H170O16/c1-11-17-21-25-29-33-37-41-45-49-53-57-61-65-69-73-85(95)105-91(15-5,106-86(96)74-70-66-62-58-54-50-46-42-38-34-30-26-22-18-12-2)81(9)103-89(99)79(7)101-83(93)77-78-84(94)102-80(8)90(100)104-82(10)92(16-6,107-87(97)75-71-67-63-59-55-51-47-43-39-35-31-27-23-19-13-3)108-88(98)76-72-68-64-60-56-52-48-44-40-36-32-28-24-20-14-4/h79-82H,11-78H2,1-10H3. The van der Waals surface area contributed by atoms with E-state index in [4.69, 9.17) is 37.9 Å². The Balaban J connectivity index is 5.68. The Labute approximate surface area is 662 Å². The summed E-state index contributed by atoms with van der Waals surface area (Å²) in [5.74, 6) is -10.0. The van der Waals surface area contributed by atoms with Crippen LogP contribution in [0.2, 0.25) is 0 Å². The molecule has 0 aromatic carbocycles. The third-order valence-electron chi connectivity index (χ3n) is 21.7. The first-order valence-corrected chi connectivity index (χ1v) is 46.1. The second-order valence-electron chi connectivity index (χ2n) is 31.9. The molecule has 0 aromatic rings. The van der Waals surface area contributed by atoms with Crippen molar-refractivity contribution in [3.05, 3.63) is 0 Å². The Hall–Kier alpha value is -4.24. The van der Waals surface area contributed by atoms with Crippen molar-refractivity contribution in [2.75, 3.05) is 0 Å². The van der Waals surface area contributed by atoms with Crippen molar-refractivity contribution >= 4 is 47.8 Å². The molecule has 0 saturated carbocycles. The zero-order valence-electron chi connectivity index (χ0n) is 71.9. The summed E-state index contributed by atoms with van der Waals surface area (Å²) < 4.78 is 46.4. The predicted molar refractivity (Wildman–Crippen MR) is 440 cm³/mol. The fraction of sp³-hybridized carbons (Fsp3) is 0.913. The van der Waals surface area contributed by atoms with E-state index in [1.54, 1.807) is 13.8 Å². The van der Waals surface area contributed by atoms with Gasteiger partial charge < -0.3 is 37.9 Å². The molecule has 0 rings (SSSR count). The van der Waals surface area contributed by atoms with Gasteiger partial charge in [0.1, 0.15) is 0 Å². The third kappa shape index (κ3) is 60.4. The molecular weight excluding hydrogens is 1360 g/mol. The van der Waals surface area contributed by atoms with E-state index in [1.807, 2.05) is 0 Å². The van der Waals surface area contributed by atoms with Crippen molar-refractivity contribution in [2.45, 2.75) is 542 Å². The van der Waals surface area contributed by atoms with E-state index in [-0.39, 0.29) is 38.5 Å². The van der Waals surface area contributed by atoms with E-state index in [9.17, 15) is 38.4 Å². The average Bonchev–Trinajstić information content (AvgIpc) is 0.824. The zero-order valence-corrected chi connectivity index (χ0v) is 71.9. The van der Waals surface area contributed by atoms with Gasteiger partial charge in [-0.2, -0.15) is 0 Å². The lowest BCUT2D eigenvalue weighted by Crippen LogP contribution is -2.51. The maximum absolute atomic E-state index is 13.7. The Kier molecular flexibility index (Phi) is 71.3. The molecule has 0 saturated heterocycles. The summed E-state index contributed by atoms with van der Waals surface area (Å²) in [4.78, 5) is 108. The molecule has 0 spiro atoms. The summed E-state index contributed by atoms with van der Waals surface area (Å²) in [7, 11) is 0. The first-order chi connectivity index (χ1) is 52.4. The SMILES string of the molecule is CCCCCCCCCCCCCCCCCC(=O)OC(CC)(OC(=O)CCCCCCCCCCCCCCCCC)C(C)OC(=O)C(C)OC(=O)CCC(=O)OC(C)C(=O)OC(C)C(CC)(OC(=O)CCCCCCCCCCCCCCCCC)OC(=O)CCCCCCCCCCCCCCCCC. The van der Waals surface area contributed by atoms with Crippen LogP contribution in [-0.4, -0.2) is 83.7 Å². The Morgan fingerprint density at radius 1 is 0.194 bits per heavy atom. The quantitative estimate of drug-likeness (QED) is 0.0240. The Bertz CT molecular complexity index is 1920. The van der Waals surface area contributed by atoms with Gasteiger partial charge >= 0.3 is 47.8 Å². The number of hydrogen-bond donors (Lipinski definition) is 0. The fourth-order valence-corrected chi connectivity index (χ4v) is 14.3. The van der Waals surface area contributed by atoms with Gasteiger partial charge in [0.2, 0.25) is 0 Å². The third-order valence-corrected chi connectivity index (χ3v) is 21.7. The maximum atomic E-state index is 13.7. The van der Waals surface area contributed by atoms with E-state index >= 15 is 0 Å².